The number of ketones is 1. The van der Waals surface area contributed by atoms with Crippen molar-refractivity contribution in [3.05, 3.63) is 94.2 Å². The summed E-state index contributed by atoms with van der Waals surface area (Å²) in [4.78, 5) is 22.1. The van der Waals surface area contributed by atoms with Crippen molar-refractivity contribution in [2.45, 2.75) is 0 Å². The minimum Gasteiger partial charge on any atom is -0.401 e. The van der Waals surface area contributed by atoms with Gasteiger partial charge in [-0.25, -0.2) is 0 Å². The maximum Gasteiger partial charge on any atom is 0.433 e. The van der Waals surface area contributed by atoms with Crippen LogP contribution in [0.3, 0.4) is 0 Å². The highest BCUT2D eigenvalue weighted by Gasteiger charge is 2.10. The van der Waals surface area contributed by atoms with E-state index in [-0.39, 0.29) is 17.4 Å². The number of nitro groups is 1. The summed E-state index contributed by atoms with van der Waals surface area (Å²) < 4.78 is 4.97. The third-order valence-corrected chi connectivity index (χ3v) is 3.47. The highest BCUT2D eigenvalue weighted by atomic mass is 16.6. The largest absolute Gasteiger partial charge is 0.433 e. The van der Waals surface area contributed by atoms with Crippen LogP contribution < -0.4 is 0 Å². The molecular formula is C19H13NO4. The zero-order valence-electron chi connectivity index (χ0n) is 12.6. The summed E-state index contributed by atoms with van der Waals surface area (Å²) >= 11 is 0. The maximum atomic E-state index is 12.1. The molecule has 0 aliphatic carbocycles. The van der Waals surface area contributed by atoms with Crippen LogP contribution in [0.5, 0.6) is 0 Å². The average Bonchev–Trinajstić information content (AvgIpc) is 3.10. The first-order chi connectivity index (χ1) is 11.6. The molecule has 118 valence electrons. The summed E-state index contributed by atoms with van der Waals surface area (Å²) in [7, 11) is 0. The van der Waals surface area contributed by atoms with Gasteiger partial charge in [0, 0.05) is 5.56 Å². The second kappa shape index (κ2) is 6.75. The van der Waals surface area contributed by atoms with Crippen molar-refractivity contribution in [2.75, 3.05) is 0 Å². The molecule has 0 aliphatic rings. The molecule has 5 nitrogen and oxygen atoms in total. The summed E-state index contributed by atoms with van der Waals surface area (Å²) in [6.07, 6.45) is 2.75. The van der Waals surface area contributed by atoms with Crippen LogP contribution in [0.1, 0.15) is 16.1 Å². The molecule has 0 N–H and O–H groups in total. The van der Waals surface area contributed by atoms with Gasteiger partial charge in [-0.15, -0.1) is 0 Å². The predicted molar refractivity (Wildman–Crippen MR) is 90.6 cm³/mol. The van der Waals surface area contributed by atoms with E-state index in [1.54, 1.807) is 12.1 Å². The molecule has 0 unspecified atom stereocenters. The molecule has 0 atom stereocenters. The minimum absolute atomic E-state index is 0.200. The quantitative estimate of drug-likeness (QED) is 0.294. The Kier molecular flexibility index (Phi) is 4.34. The van der Waals surface area contributed by atoms with E-state index in [0.29, 0.717) is 5.56 Å². The standard InChI is InChI=1S/C19H13NO4/c21-18(12-10-17-11-13-19(24-17)20(22)23)16-8-6-15(7-9-16)14-4-2-1-3-5-14/h1-13H. The lowest BCUT2D eigenvalue weighted by Crippen LogP contribution is -1.93. The van der Waals surface area contributed by atoms with Crippen LogP contribution in [-0.4, -0.2) is 10.7 Å². The van der Waals surface area contributed by atoms with Crippen molar-refractivity contribution in [1.29, 1.82) is 0 Å². The Morgan fingerprint density at radius 3 is 2.21 bits per heavy atom. The van der Waals surface area contributed by atoms with Gasteiger partial charge < -0.3 is 4.42 Å². The summed E-state index contributed by atoms with van der Waals surface area (Å²) in [5, 5.41) is 10.5. The van der Waals surface area contributed by atoms with Crippen molar-refractivity contribution in [3.63, 3.8) is 0 Å². The summed E-state index contributed by atoms with van der Waals surface area (Å²) in [6.45, 7) is 0. The normalized spacial score (nSPS) is 10.8. The molecule has 0 bridgehead atoms. The Labute approximate surface area is 138 Å². The fourth-order valence-corrected chi connectivity index (χ4v) is 2.24. The number of furan rings is 1. The second-order valence-corrected chi connectivity index (χ2v) is 5.07. The maximum absolute atomic E-state index is 12.1. The Morgan fingerprint density at radius 2 is 1.58 bits per heavy atom. The molecule has 0 spiro atoms. The number of rotatable bonds is 5. The molecule has 5 heteroatoms. The number of allylic oxidation sites excluding steroid dienone is 1. The highest BCUT2D eigenvalue weighted by molar-refractivity contribution is 6.06. The topological polar surface area (TPSA) is 73.3 Å². The second-order valence-electron chi connectivity index (χ2n) is 5.07. The van der Waals surface area contributed by atoms with E-state index in [9.17, 15) is 14.9 Å². The molecule has 3 aromatic rings. The average molecular weight is 319 g/mol. The Hall–Kier alpha value is -3.47. The third kappa shape index (κ3) is 3.47. The van der Waals surface area contributed by atoms with Crippen molar-refractivity contribution in [3.8, 4) is 11.1 Å². The molecule has 0 amide bonds. The first kappa shape index (κ1) is 15.4. The van der Waals surface area contributed by atoms with Crippen LogP contribution >= 0.6 is 0 Å². The number of carbonyl (C=O) groups is 1. The molecule has 3 rings (SSSR count). The van der Waals surface area contributed by atoms with Crippen molar-refractivity contribution in [2.24, 2.45) is 0 Å². The van der Waals surface area contributed by atoms with E-state index in [0.717, 1.165) is 11.1 Å². The van der Waals surface area contributed by atoms with Gasteiger partial charge in [0.15, 0.2) is 5.78 Å². The first-order valence-electron chi connectivity index (χ1n) is 7.25. The number of hydrogen-bond donors (Lipinski definition) is 0. The van der Waals surface area contributed by atoms with E-state index < -0.39 is 4.92 Å². The fraction of sp³-hybridized carbons (Fsp3) is 0. The molecule has 2 aromatic carbocycles. The Morgan fingerprint density at radius 1 is 0.917 bits per heavy atom. The van der Waals surface area contributed by atoms with Gasteiger partial charge in [0.25, 0.3) is 0 Å². The predicted octanol–water partition coefficient (Wildman–Crippen LogP) is 4.75. The van der Waals surface area contributed by atoms with Gasteiger partial charge in [0.1, 0.15) is 10.7 Å². The smallest absolute Gasteiger partial charge is 0.401 e. The van der Waals surface area contributed by atoms with Crippen LogP contribution in [-0.2, 0) is 0 Å². The van der Waals surface area contributed by atoms with Crippen molar-refractivity contribution >= 4 is 17.7 Å². The van der Waals surface area contributed by atoms with Gasteiger partial charge in [-0.2, -0.15) is 0 Å². The van der Waals surface area contributed by atoms with E-state index in [4.69, 9.17) is 4.42 Å². The molecule has 1 heterocycles. The van der Waals surface area contributed by atoms with E-state index in [2.05, 4.69) is 0 Å². The molecule has 0 aliphatic heterocycles. The van der Waals surface area contributed by atoms with E-state index >= 15 is 0 Å². The highest BCUT2D eigenvalue weighted by Crippen LogP contribution is 2.20. The summed E-state index contributed by atoms with van der Waals surface area (Å²) in [5.74, 6) is -0.293. The fourth-order valence-electron chi connectivity index (χ4n) is 2.24. The SMILES string of the molecule is O=C(C=Cc1ccc([N+](=O)[O-])o1)c1ccc(-c2ccccc2)cc1. The van der Waals surface area contributed by atoms with Gasteiger partial charge in [-0.1, -0.05) is 54.6 Å². The van der Waals surface area contributed by atoms with Gasteiger partial charge >= 0.3 is 5.88 Å². The lowest BCUT2D eigenvalue weighted by molar-refractivity contribution is -0.402. The third-order valence-electron chi connectivity index (χ3n) is 3.47. The van der Waals surface area contributed by atoms with Gasteiger partial charge in [0.05, 0.1) is 6.07 Å². The van der Waals surface area contributed by atoms with E-state index in [1.165, 1.54) is 24.3 Å². The van der Waals surface area contributed by atoms with Crippen LogP contribution in [0.25, 0.3) is 17.2 Å². The zero-order valence-corrected chi connectivity index (χ0v) is 12.6. The lowest BCUT2D eigenvalue weighted by Gasteiger charge is -2.02. The van der Waals surface area contributed by atoms with Crippen molar-refractivity contribution in [1.82, 2.24) is 0 Å². The monoisotopic (exact) mass is 319 g/mol. The molecule has 0 saturated heterocycles. The molecule has 24 heavy (non-hydrogen) atoms. The van der Waals surface area contributed by atoms with Crippen LogP contribution in [0.15, 0.2) is 77.2 Å². The summed E-state index contributed by atoms with van der Waals surface area (Å²) in [6, 6.07) is 19.8. The van der Waals surface area contributed by atoms with Crippen LogP contribution in [0, 0.1) is 10.1 Å². The Balaban J connectivity index is 1.73. The van der Waals surface area contributed by atoms with Crippen LogP contribution in [0.2, 0.25) is 0 Å². The van der Waals surface area contributed by atoms with Crippen LogP contribution in [0.4, 0.5) is 5.88 Å². The van der Waals surface area contributed by atoms with Gasteiger partial charge in [-0.05, 0) is 29.3 Å². The number of benzene rings is 2. The molecule has 1 aromatic heterocycles. The molecule has 0 radical (unpaired) electrons. The molecule has 0 fully saturated rings. The molecular weight excluding hydrogens is 306 g/mol. The van der Waals surface area contributed by atoms with Gasteiger partial charge in [0.2, 0.25) is 0 Å². The first-order valence-corrected chi connectivity index (χ1v) is 7.25. The number of nitrogens with zero attached hydrogens (tertiary/aromatic N) is 1. The number of hydrogen-bond acceptors (Lipinski definition) is 4. The zero-order chi connectivity index (χ0) is 16.9. The lowest BCUT2D eigenvalue weighted by atomic mass is 10.0. The van der Waals surface area contributed by atoms with E-state index in [1.807, 2.05) is 42.5 Å². The minimum atomic E-state index is -0.624. The van der Waals surface area contributed by atoms with Crippen molar-refractivity contribution < 1.29 is 14.1 Å². The summed E-state index contributed by atoms with van der Waals surface area (Å²) in [5.41, 5.74) is 2.64. The Bertz CT molecular complexity index is 893. The molecule has 0 saturated carbocycles. The number of carbonyl (C=O) groups excluding carboxylic acids is 1. The van der Waals surface area contributed by atoms with Gasteiger partial charge in [-0.3, -0.25) is 14.9 Å².